The number of ether oxygens (including phenoxy) is 1. The summed E-state index contributed by atoms with van der Waals surface area (Å²) in [6.07, 6.45) is 5.61. The summed E-state index contributed by atoms with van der Waals surface area (Å²) in [5.74, 6) is 0.0459. The molecule has 1 N–H and O–H groups in total. The average molecular weight is 410 g/mol. The zero-order chi connectivity index (χ0) is 20.1. The topological polar surface area (TPSA) is 79.0 Å². The van der Waals surface area contributed by atoms with Crippen molar-refractivity contribution in [3.05, 3.63) is 23.8 Å². The van der Waals surface area contributed by atoms with E-state index in [1.54, 1.807) is 12.1 Å². The summed E-state index contributed by atoms with van der Waals surface area (Å²) < 4.78 is 33.3. The molecule has 28 heavy (non-hydrogen) atoms. The molecule has 8 heteroatoms. The van der Waals surface area contributed by atoms with Gasteiger partial charge in [0.15, 0.2) is 0 Å². The van der Waals surface area contributed by atoms with Crippen molar-refractivity contribution in [2.24, 2.45) is 0 Å². The molecule has 2 saturated heterocycles. The van der Waals surface area contributed by atoms with E-state index in [-0.39, 0.29) is 22.6 Å². The number of nitrogens with zero attached hydrogens (tertiary/aromatic N) is 2. The van der Waals surface area contributed by atoms with Gasteiger partial charge in [-0.3, -0.25) is 4.79 Å². The van der Waals surface area contributed by atoms with Crippen molar-refractivity contribution in [2.45, 2.75) is 49.5 Å². The third-order valence-electron chi connectivity index (χ3n) is 5.66. The lowest BCUT2D eigenvalue weighted by atomic mass is 10.0. The molecule has 1 aromatic rings. The Kier molecular flexibility index (Phi) is 6.95. The van der Waals surface area contributed by atoms with E-state index in [1.807, 2.05) is 0 Å². The molecule has 0 radical (unpaired) electrons. The van der Waals surface area contributed by atoms with E-state index in [0.717, 1.165) is 51.6 Å². The molecule has 0 unspecified atom stereocenters. The molecule has 1 aromatic carbocycles. The summed E-state index contributed by atoms with van der Waals surface area (Å²) in [6, 6.07) is 4.79. The molecule has 0 aliphatic carbocycles. The van der Waals surface area contributed by atoms with Crippen molar-refractivity contribution < 1.29 is 17.9 Å². The lowest BCUT2D eigenvalue weighted by molar-refractivity contribution is 0.0916. The highest BCUT2D eigenvalue weighted by molar-refractivity contribution is 7.89. The van der Waals surface area contributed by atoms with E-state index >= 15 is 0 Å². The highest BCUT2D eigenvalue weighted by atomic mass is 32.2. The molecule has 0 saturated carbocycles. The number of methoxy groups -OCH3 is 1. The predicted molar refractivity (Wildman–Crippen MR) is 108 cm³/mol. The summed E-state index contributed by atoms with van der Waals surface area (Å²) in [5.41, 5.74) is 0.355. The zero-order valence-electron chi connectivity index (χ0n) is 16.8. The lowest BCUT2D eigenvalue weighted by Crippen LogP contribution is -2.43. The maximum Gasteiger partial charge on any atom is 0.251 e. The number of carbonyl (C=O) groups excluding carboxylic acids is 1. The number of benzene rings is 1. The van der Waals surface area contributed by atoms with Crippen LogP contribution in [0.2, 0.25) is 0 Å². The van der Waals surface area contributed by atoms with Gasteiger partial charge in [-0.25, -0.2) is 8.42 Å². The molecule has 156 valence electrons. The van der Waals surface area contributed by atoms with Gasteiger partial charge >= 0.3 is 0 Å². The van der Waals surface area contributed by atoms with Crippen LogP contribution in [0.5, 0.6) is 5.75 Å². The first-order valence-electron chi connectivity index (χ1n) is 10.1. The maximum atomic E-state index is 13.2. The van der Waals surface area contributed by atoms with Crippen LogP contribution in [-0.4, -0.2) is 69.9 Å². The second-order valence-electron chi connectivity index (χ2n) is 7.73. The highest BCUT2D eigenvalue weighted by Gasteiger charge is 2.29. The van der Waals surface area contributed by atoms with Gasteiger partial charge in [-0.05, 0) is 64.0 Å². The van der Waals surface area contributed by atoms with E-state index in [1.165, 1.54) is 17.5 Å². The van der Waals surface area contributed by atoms with Crippen molar-refractivity contribution in [2.75, 3.05) is 40.3 Å². The number of likely N-dealkylation sites (tertiary alicyclic amines) is 1. The second-order valence-corrected chi connectivity index (χ2v) is 9.64. The minimum atomic E-state index is -3.70. The van der Waals surface area contributed by atoms with Crippen LogP contribution < -0.4 is 10.1 Å². The van der Waals surface area contributed by atoms with Crippen molar-refractivity contribution >= 4 is 15.9 Å². The van der Waals surface area contributed by atoms with Crippen molar-refractivity contribution in [1.82, 2.24) is 14.5 Å². The van der Waals surface area contributed by atoms with Gasteiger partial charge in [0, 0.05) is 24.7 Å². The standard InChI is InChI=1S/C20H31N3O4S/c1-22-13-9-17(10-14-22)21-20(24)16-7-8-18(27-2)19(15-16)28(25,26)23-11-5-3-4-6-12-23/h7-8,15,17H,3-6,9-14H2,1-2H3,(H,21,24). The third kappa shape index (κ3) is 4.85. The summed E-state index contributed by atoms with van der Waals surface area (Å²) in [5, 5.41) is 3.05. The molecule has 2 heterocycles. The Morgan fingerprint density at radius 2 is 1.71 bits per heavy atom. The monoisotopic (exact) mass is 409 g/mol. The van der Waals surface area contributed by atoms with Gasteiger partial charge in [-0.15, -0.1) is 0 Å². The summed E-state index contributed by atoms with van der Waals surface area (Å²) in [7, 11) is -0.179. The van der Waals surface area contributed by atoms with Gasteiger partial charge in [-0.1, -0.05) is 12.8 Å². The Morgan fingerprint density at radius 3 is 2.32 bits per heavy atom. The molecule has 7 nitrogen and oxygen atoms in total. The van der Waals surface area contributed by atoms with Gasteiger partial charge in [-0.2, -0.15) is 4.31 Å². The minimum Gasteiger partial charge on any atom is -0.495 e. The molecule has 0 spiro atoms. The van der Waals surface area contributed by atoms with Crippen LogP contribution in [0.3, 0.4) is 0 Å². The first-order chi connectivity index (χ1) is 13.4. The molecule has 0 atom stereocenters. The maximum absolute atomic E-state index is 13.2. The number of hydrogen-bond acceptors (Lipinski definition) is 5. The van der Waals surface area contributed by atoms with Crippen molar-refractivity contribution in [1.29, 1.82) is 0 Å². The number of piperidine rings is 1. The largest absolute Gasteiger partial charge is 0.495 e. The SMILES string of the molecule is COc1ccc(C(=O)NC2CCN(C)CC2)cc1S(=O)(=O)N1CCCCCC1. The predicted octanol–water partition coefficient (Wildman–Crippen LogP) is 2.08. The summed E-state index contributed by atoms with van der Waals surface area (Å²) in [6.45, 7) is 2.92. The fraction of sp³-hybridized carbons (Fsp3) is 0.650. The first kappa shape index (κ1) is 21.1. The highest BCUT2D eigenvalue weighted by Crippen LogP contribution is 2.29. The Morgan fingerprint density at radius 1 is 1.07 bits per heavy atom. The molecule has 0 aromatic heterocycles. The fourth-order valence-corrected chi connectivity index (χ4v) is 5.56. The Bertz CT molecular complexity index is 781. The number of amides is 1. The van der Waals surface area contributed by atoms with Crippen LogP contribution in [0.25, 0.3) is 0 Å². The number of carbonyl (C=O) groups is 1. The Balaban J connectivity index is 1.82. The number of sulfonamides is 1. The number of nitrogens with one attached hydrogen (secondary N) is 1. The van der Waals surface area contributed by atoms with Gasteiger partial charge in [0.2, 0.25) is 10.0 Å². The van der Waals surface area contributed by atoms with Gasteiger partial charge in [0.1, 0.15) is 10.6 Å². The molecular formula is C20H31N3O4S. The number of rotatable bonds is 5. The van der Waals surface area contributed by atoms with Crippen LogP contribution in [-0.2, 0) is 10.0 Å². The van der Waals surface area contributed by atoms with E-state index in [9.17, 15) is 13.2 Å². The molecule has 2 fully saturated rings. The van der Waals surface area contributed by atoms with Crippen LogP contribution in [0.15, 0.2) is 23.1 Å². The quantitative estimate of drug-likeness (QED) is 0.806. The molecule has 3 rings (SSSR count). The van der Waals surface area contributed by atoms with Gasteiger partial charge in [0.05, 0.1) is 7.11 Å². The van der Waals surface area contributed by atoms with E-state index in [4.69, 9.17) is 4.74 Å². The first-order valence-corrected chi connectivity index (χ1v) is 11.5. The van der Waals surface area contributed by atoms with Crippen LogP contribution in [0.4, 0.5) is 0 Å². The smallest absolute Gasteiger partial charge is 0.251 e. The third-order valence-corrected chi connectivity index (χ3v) is 7.58. The van der Waals surface area contributed by atoms with E-state index in [0.29, 0.717) is 18.7 Å². The lowest BCUT2D eigenvalue weighted by Gasteiger charge is -2.29. The minimum absolute atomic E-state index is 0.0768. The molecular weight excluding hydrogens is 378 g/mol. The normalized spacial score (nSPS) is 20.5. The molecule has 2 aliphatic heterocycles. The van der Waals surface area contributed by atoms with E-state index < -0.39 is 10.0 Å². The molecule has 2 aliphatic rings. The average Bonchev–Trinajstić information content (AvgIpc) is 2.99. The molecule has 0 bridgehead atoms. The van der Waals surface area contributed by atoms with E-state index in [2.05, 4.69) is 17.3 Å². The zero-order valence-corrected chi connectivity index (χ0v) is 17.6. The Labute approximate surface area is 168 Å². The fourth-order valence-electron chi connectivity index (χ4n) is 3.86. The molecule has 1 amide bonds. The Hall–Kier alpha value is -1.64. The second kappa shape index (κ2) is 9.24. The van der Waals surface area contributed by atoms with Crippen molar-refractivity contribution in [3.63, 3.8) is 0 Å². The van der Waals surface area contributed by atoms with Gasteiger partial charge in [0.25, 0.3) is 5.91 Å². The summed E-state index contributed by atoms with van der Waals surface area (Å²) >= 11 is 0. The van der Waals surface area contributed by atoms with Crippen molar-refractivity contribution in [3.8, 4) is 5.75 Å². The van der Waals surface area contributed by atoms with Crippen LogP contribution in [0, 0.1) is 0 Å². The number of hydrogen-bond donors (Lipinski definition) is 1. The van der Waals surface area contributed by atoms with Gasteiger partial charge < -0.3 is 15.0 Å². The van der Waals surface area contributed by atoms with Crippen LogP contribution in [0.1, 0.15) is 48.9 Å². The van der Waals surface area contributed by atoms with Crippen LogP contribution >= 0.6 is 0 Å². The summed E-state index contributed by atoms with van der Waals surface area (Å²) in [4.78, 5) is 15.0.